The van der Waals surface area contributed by atoms with E-state index in [1.807, 2.05) is 0 Å². The van der Waals surface area contributed by atoms with Gasteiger partial charge in [-0.05, 0) is 18.9 Å². The standard InChI is InChI=1S/C13H14F4N2O3/c14-10-2-1-3-11(19(21)22)9(10)8-18-6-4-12(20,5-7-18)13(15,16)17/h1-3,20H,4-8H2. The lowest BCUT2D eigenvalue weighted by Gasteiger charge is -2.39. The second-order valence-electron chi connectivity index (χ2n) is 5.30. The minimum absolute atomic E-state index is 0.124. The number of hydrogen-bond acceptors (Lipinski definition) is 4. The van der Waals surface area contributed by atoms with Crippen LogP contribution in [-0.4, -0.2) is 39.8 Å². The number of likely N-dealkylation sites (tertiary alicyclic amines) is 1. The smallest absolute Gasteiger partial charge is 0.380 e. The van der Waals surface area contributed by atoms with Crippen molar-refractivity contribution in [1.29, 1.82) is 0 Å². The van der Waals surface area contributed by atoms with E-state index in [1.54, 1.807) is 0 Å². The van der Waals surface area contributed by atoms with Crippen LogP contribution in [0.5, 0.6) is 0 Å². The lowest BCUT2D eigenvalue weighted by molar-refractivity contribution is -0.386. The molecule has 1 fully saturated rings. The van der Waals surface area contributed by atoms with Crippen molar-refractivity contribution in [3.63, 3.8) is 0 Å². The summed E-state index contributed by atoms with van der Waals surface area (Å²) in [5.41, 5.74) is -3.31. The summed E-state index contributed by atoms with van der Waals surface area (Å²) in [6.45, 7) is -0.417. The summed E-state index contributed by atoms with van der Waals surface area (Å²) in [5, 5.41) is 20.4. The summed E-state index contributed by atoms with van der Waals surface area (Å²) in [4.78, 5) is 11.6. The first kappa shape index (κ1) is 16.6. The third kappa shape index (κ3) is 3.20. The molecule has 1 saturated heterocycles. The van der Waals surface area contributed by atoms with Crippen molar-refractivity contribution < 1.29 is 27.6 Å². The van der Waals surface area contributed by atoms with Crippen LogP contribution in [0, 0.1) is 15.9 Å². The summed E-state index contributed by atoms with van der Waals surface area (Å²) in [6, 6.07) is 3.42. The van der Waals surface area contributed by atoms with Crippen molar-refractivity contribution in [2.45, 2.75) is 31.2 Å². The fraction of sp³-hybridized carbons (Fsp3) is 0.538. The van der Waals surface area contributed by atoms with Crippen molar-refractivity contribution in [1.82, 2.24) is 4.90 Å². The van der Waals surface area contributed by atoms with Gasteiger partial charge in [0.05, 0.1) is 10.5 Å². The van der Waals surface area contributed by atoms with Crippen LogP contribution in [0.25, 0.3) is 0 Å². The SMILES string of the molecule is O=[N+]([O-])c1cccc(F)c1CN1CCC(O)(C(F)(F)F)CC1. The molecule has 0 unspecified atom stereocenters. The van der Waals surface area contributed by atoms with Crippen molar-refractivity contribution in [2.24, 2.45) is 0 Å². The Morgan fingerprint density at radius 3 is 2.41 bits per heavy atom. The maximum atomic E-state index is 13.7. The van der Waals surface area contributed by atoms with Gasteiger partial charge < -0.3 is 5.11 Å². The fourth-order valence-electron chi connectivity index (χ4n) is 2.46. The number of halogens is 4. The van der Waals surface area contributed by atoms with Gasteiger partial charge in [0.15, 0.2) is 5.60 Å². The molecule has 5 nitrogen and oxygen atoms in total. The van der Waals surface area contributed by atoms with Crippen LogP contribution in [0.2, 0.25) is 0 Å². The van der Waals surface area contributed by atoms with Gasteiger partial charge in [-0.25, -0.2) is 4.39 Å². The van der Waals surface area contributed by atoms with Crippen LogP contribution in [0.4, 0.5) is 23.2 Å². The summed E-state index contributed by atoms with van der Waals surface area (Å²) in [6.07, 6.45) is -5.80. The van der Waals surface area contributed by atoms with Crippen LogP contribution >= 0.6 is 0 Å². The topological polar surface area (TPSA) is 66.6 Å². The highest BCUT2D eigenvalue weighted by molar-refractivity contribution is 5.40. The molecule has 0 spiro atoms. The molecular weight excluding hydrogens is 308 g/mol. The predicted octanol–water partition coefficient (Wildman–Crippen LogP) is 2.62. The third-order valence-electron chi connectivity index (χ3n) is 3.88. The molecule has 2 rings (SSSR count). The minimum atomic E-state index is -4.72. The zero-order valence-electron chi connectivity index (χ0n) is 11.4. The van der Waals surface area contributed by atoms with Gasteiger partial charge in [0.1, 0.15) is 5.82 Å². The number of piperidine rings is 1. The molecule has 0 aromatic heterocycles. The van der Waals surface area contributed by atoms with Gasteiger partial charge in [-0.1, -0.05) is 6.07 Å². The molecule has 0 bridgehead atoms. The van der Waals surface area contributed by atoms with Gasteiger partial charge in [-0.3, -0.25) is 15.0 Å². The average Bonchev–Trinajstić information content (AvgIpc) is 2.42. The Kier molecular flexibility index (Phi) is 4.39. The molecule has 0 amide bonds. The molecule has 1 heterocycles. The van der Waals surface area contributed by atoms with Crippen molar-refractivity contribution in [2.75, 3.05) is 13.1 Å². The largest absolute Gasteiger partial charge is 0.417 e. The van der Waals surface area contributed by atoms with Crippen LogP contribution in [0.3, 0.4) is 0 Å². The maximum Gasteiger partial charge on any atom is 0.417 e. The lowest BCUT2D eigenvalue weighted by Crippen LogP contribution is -2.53. The Hall–Kier alpha value is -1.74. The van der Waals surface area contributed by atoms with Crippen molar-refractivity contribution in [3.05, 3.63) is 39.7 Å². The Bertz CT molecular complexity index is 569. The molecular formula is C13H14F4N2O3. The van der Waals surface area contributed by atoms with Gasteiger partial charge in [0.2, 0.25) is 0 Å². The average molecular weight is 322 g/mol. The zero-order valence-corrected chi connectivity index (χ0v) is 11.4. The predicted molar refractivity (Wildman–Crippen MR) is 68.6 cm³/mol. The number of nitrogens with zero attached hydrogens (tertiary/aromatic N) is 2. The van der Waals surface area contributed by atoms with E-state index < -0.39 is 41.0 Å². The summed E-state index contributed by atoms with van der Waals surface area (Å²) in [7, 11) is 0. The van der Waals surface area contributed by atoms with E-state index in [1.165, 1.54) is 11.0 Å². The number of benzene rings is 1. The molecule has 1 aliphatic heterocycles. The number of alkyl halides is 3. The molecule has 0 radical (unpaired) electrons. The van der Waals surface area contributed by atoms with Gasteiger partial charge in [0.25, 0.3) is 5.69 Å². The number of aliphatic hydroxyl groups is 1. The molecule has 122 valence electrons. The monoisotopic (exact) mass is 322 g/mol. The molecule has 1 aromatic rings. The quantitative estimate of drug-likeness (QED) is 0.528. The maximum absolute atomic E-state index is 13.7. The summed E-state index contributed by atoms with van der Waals surface area (Å²) in [5.74, 6) is -0.772. The van der Waals surface area contributed by atoms with Gasteiger partial charge in [-0.2, -0.15) is 13.2 Å². The van der Waals surface area contributed by atoms with E-state index in [0.29, 0.717) is 0 Å². The second kappa shape index (κ2) is 5.81. The van der Waals surface area contributed by atoms with E-state index >= 15 is 0 Å². The highest BCUT2D eigenvalue weighted by Crippen LogP contribution is 2.38. The van der Waals surface area contributed by atoms with Gasteiger partial charge in [0, 0.05) is 25.7 Å². The molecule has 0 atom stereocenters. The minimum Gasteiger partial charge on any atom is -0.380 e. The van der Waals surface area contributed by atoms with E-state index in [9.17, 15) is 32.8 Å². The Morgan fingerprint density at radius 1 is 1.32 bits per heavy atom. The first-order chi connectivity index (χ1) is 10.1. The van der Waals surface area contributed by atoms with E-state index in [0.717, 1.165) is 12.1 Å². The van der Waals surface area contributed by atoms with E-state index in [2.05, 4.69) is 0 Å². The van der Waals surface area contributed by atoms with E-state index in [-0.39, 0.29) is 25.2 Å². The van der Waals surface area contributed by atoms with Crippen LogP contribution in [0.1, 0.15) is 18.4 Å². The molecule has 0 aliphatic carbocycles. The zero-order chi connectivity index (χ0) is 16.5. The Morgan fingerprint density at radius 2 is 1.91 bits per heavy atom. The summed E-state index contributed by atoms with van der Waals surface area (Å²) < 4.78 is 51.8. The van der Waals surface area contributed by atoms with Crippen molar-refractivity contribution >= 4 is 5.69 Å². The van der Waals surface area contributed by atoms with Crippen LogP contribution in [0.15, 0.2) is 18.2 Å². The van der Waals surface area contributed by atoms with Gasteiger partial charge in [-0.15, -0.1) is 0 Å². The molecule has 1 N–H and O–H groups in total. The number of hydrogen-bond donors (Lipinski definition) is 1. The summed E-state index contributed by atoms with van der Waals surface area (Å²) >= 11 is 0. The van der Waals surface area contributed by atoms with Gasteiger partial charge >= 0.3 is 6.18 Å². The third-order valence-corrected chi connectivity index (χ3v) is 3.88. The number of nitro groups is 1. The normalized spacial score (nSPS) is 19.1. The first-order valence-electron chi connectivity index (χ1n) is 6.57. The Labute approximate surface area is 123 Å². The van der Waals surface area contributed by atoms with Crippen LogP contribution < -0.4 is 0 Å². The molecule has 1 aliphatic rings. The fourth-order valence-corrected chi connectivity index (χ4v) is 2.46. The molecule has 22 heavy (non-hydrogen) atoms. The number of rotatable bonds is 3. The lowest BCUT2D eigenvalue weighted by atomic mass is 9.90. The van der Waals surface area contributed by atoms with Crippen molar-refractivity contribution in [3.8, 4) is 0 Å². The molecule has 9 heteroatoms. The Balaban J connectivity index is 2.11. The first-order valence-corrected chi connectivity index (χ1v) is 6.57. The molecule has 0 saturated carbocycles. The highest BCUT2D eigenvalue weighted by Gasteiger charge is 2.54. The van der Waals surface area contributed by atoms with Crippen LogP contribution in [-0.2, 0) is 6.54 Å². The highest BCUT2D eigenvalue weighted by atomic mass is 19.4. The molecule has 1 aromatic carbocycles. The number of nitro benzene ring substituents is 1. The second-order valence-corrected chi connectivity index (χ2v) is 5.30. The van der Waals surface area contributed by atoms with E-state index in [4.69, 9.17) is 0 Å².